The molecule has 0 amide bonds. The smallest absolute Gasteiger partial charge is 0.323 e. The van der Waals surface area contributed by atoms with Crippen LogP contribution in [0.2, 0.25) is 0 Å². The third-order valence-electron chi connectivity index (χ3n) is 2.08. The van der Waals surface area contributed by atoms with Crippen molar-refractivity contribution in [3.8, 4) is 0 Å². The number of esters is 1. The van der Waals surface area contributed by atoms with Crippen LogP contribution in [-0.2, 0) is 16.0 Å². The minimum atomic E-state index is -0.615. The molecule has 0 spiro atoms. The summed E-state index contributed by atoms with van der Waals surface area (Å²) in [6, 6.07) is 7.12. The minimum Gasteiger partial charge on any atom is -0.459 e. The maximum absolute atomic E-state index is 11.7. The van der Waals surface area contributed by atoms with E-state index in [1.165, 1.54) is 0 Å². The molecule has 1 rings (SSSR count). The lowest BCUT2D eigenvalue weighted by molar-refractivity contribution is -0.156. The van der Waals surface area contributed by atoms with Crippen molar-refractivity contribution in [2.24, 2.45) is 5.73 Å². The largest absolute Gasteiger partial charge is 0.459 e. The Morgan fingerprint density at radius 1 is 1.35 bits per heavy atom. The number of rotatable bonds is 3. The van der Waals surface area contributed by atoms with Crippen molar-refractivity contribution >= 4 is 21.9 Å². The van der Waals surface area contributed by atoms with Gasteiger partial charge in [0.1, 0.15) is 11.6 Å². The van der Waals surface area contributed by atoms with Crippen LogP contribution in [0.4, 0.5) is 0 Å². The monoisotopic (exact) mass is 299 g/mol. The molecule has 0 aromatic heterocycles. The van der Waals surface area contributed by atoms with Crippen LogP contribution in [0, 0.1) is 0 Å². The summed E-state index contributed by atoms with van der Waals surface area (Å²) in [5.74, 6) is -0.361. The molecule has 0 radical (unpaired) electrons. The molecule has 1 aromatic carbocycles. The molecular formula is C13H18BrNO2. The lowest BCUT2D eigenvalue weighted by Gasteiger charge is -2.22. The van der Waals surface area contributed by atoms with Gasteiger partial charge in [-0.15, -0.1) is 0 Å². The summed E-state index contributed by atoms with van der Waals surface area (Å²) < 4.78 is 6.23. The Hall–Kier alpha value is -0.870. The third-order valence-corrected chi connectivity index (χ3v) is 2.61. The van der Waals surface area contributed by atoms with Gasteiger partial charge in [-0.1, -0.05) is 28.1 Å². The van der Waals surface area contributed by atoms with E-state index in [1.807, 2.05) is 45.0 Å². The van der Waals surface area contributed by atoms with Gasteiger partial charge < -0.3 is 10.5 Å². The van der Waals surface area contributed by atoms with E-state index in [0.29, 0.717) is 6.42 Å². The second kappa shape index (κ2) is 5.65. The second-order valence-electron chi connectivity index (χ2n) is 4.97. The van der Waals surface area contributed by atoms with Crippen LogP contribution in [0.5, 0.6) is 0 Å². The van der Waals surface area contributed by atoms with Crippen LogP contribution >= 0.6 is 15.9 Å². The van der Waals surface area contributed by atoms with Crippen molar-refractivity contribution in [1.82, 2.24) is 0 Å². The highest BCUT2D eigenvalue weighted by molar-refractivity contribution is 9.10. The molecule has 0 unspecified atom stereocenters. The van der Waals surface area contributed by atoms with E-state index in [9.17, 15) is 4.79 Å². The van der Waals surface area contributed by atoms with Crippen LogP contribution in [-0.4, -0.2) is 17.6 Å². The Morgan fingerprint density at radius 2 is 1.88 bits per heavy atom. The van der Waals surface area contributed by atoms with E-state index >= 15 is 0 Å². The lowest BCUT2D eigenvalue weighted by Crippen LogP contribution is -2.38. The molecule has 1 aromatic rings. The summed E-state index contributed by atoms with van der Waals surface area (Å²) in [7, 11) is 0. The molecule has 0 bridgehead atoms. The average Bonchev–Trinajstić information content (AvgIpc) is 2.19. The zero-order chi connectivity index (χ0) is 13.1. The van der Waals surface area contributed by atoms with E-state index in [0.717, 1.165) is 10.0 Å². The predicted molar refractivity (Wildman–Crippen MR) is 71.7 cm³/mol. The van der Waals surface area contributed by atoms with Gasteiger partial charge >= 0.3 is 5.97 Å². The summed E-state index contributed by atoms with van der Waals surface area (Å²) in [6.07, 6.45) is 0.488. The lowest BCUT2D eigenvalue weighted by atomic mass is 10.1. The standard InChI is InChI=1S/C13H18BrNO2/c1-13(2,3)17-12(16)11(15)8-9-4-6-10(14)7-5-9/h4-7,11H,8,15H2,1-3H3/t11-/m1/s1. The Kier molecular flexibility index (Phi) is 4.71. The van der Waals surface area contributed by atoms with Gasteiger partial charge in [-0.05, 0) is 44.9 Å². The fourth-order valence-electron chi connectivity index (χ4n) is 1.34. The summed E-state index contributed by atoms with van der Waals surface area (Å²) in [5, 5.41) is 0. The summed E-state index contributed by atoms with van der Waals surface area (Å²) in [4.78, 5) is 11.7. The van der Waals surface area contributed by atoms with E-state index in [1.54, 1.807) is 0 Å². The highest BCUT2D eigenvalue weighted by Crippen LogP contribution is 2.13. The van der Waals surface area contributed by atoms with Crippen molar-refractivity contribution in [2.45, 2.75) is 38.8 Å². The molecule has 0 fully saturated rings. The predicted octanol–water partition coefficient (Wildman–Crippen LogP) is 2.66. The summed E-state index contributed by atoms with van der Waals surface area (Å²) in [6.45, 7) is 5.49. The van der Waals surface area contributed by atoms with Crippen LogP contribution in [0.3, 0.4) is 0 Å². The van der Waals surface area contributed by atoms with E-state index in [2.05, 4.69) is 15.9 Å². The second-order valence-corrected chi connectivity index (χ2v) is 5.89. The maximum Gasteiger partial charge on any atom is 0.323 e. The van der Waals surface area contributed by atoms with Crippen molar-refractivity contribution in [1.29, 1.82) is 0 Å². The first-order valence-corrected chi connectivity index (χ1v) is 6.30. The number of hydrogen-bond donors (Lipinski definition) is 1. The molecule has 2 N–H and O–H groups in total. The van der Waals surface area contributed by atoms with Crippen LogP contribution in [0.15, 0.2) is 28.7 Å². The zero-order valence-corrected chi connectivity index (χ0v) is 12.0. The first kappa shape index (κ1) is 14.2. The molecule has 1 atom stereocenters. The summed E-state index contributed by atoms with van der Waals surface area (Å²) >= 11 is 3.36. The number of carbonyl (C=O) groups is 1. The Bertz CT molecular complexity index is 381. The van der Waals surface area contributed by atoms with Gasteiger partial charge in [0, 0.05) is 4.47 Å². The maximum atomic E-state index is 11.7. The molecule has 0 aliphatic rings. The fraction of sp³-hybridized carbons (Fsp3) is 0.462. The molecule has 4 heteroatoms. The third kappa shape index (κ3) is 5.33. The normalized spacial score (nSPS) is 13.2. The zero-order valence-electron chi connectivity index (χ0n) is 10.4. The summed E-state index contributed by atoms with van der Waals surface area (Å²) in [5.41, 5.74) is 6.34. The van der Waals surface area contributed by atoms with Gasteiger partial charge in [0.25, 0.3) is 0 Å². The van der Waals surface area contributed by atoms with Crippen molar-refractivity contribution in [3.05, 3.63) is 34.3 Å². The van der Waals surface area contributed by atoms with E-state index in [4.69, 9.17) is 10.5 Å². The molecule has 17 heavy (non-hydrogen) atoms. The molecular weight excluding hydrogens is 282 g/mol. The number of benzene rings is 1. The van der Waals surface area contributed by atoms with Gasteiger partial charge in [-0.25, -0.2) is 0 Å². The Morgan fingerprint density at radius 3 is 2.35 bits per heavy atom. The van der Waals surface area contributed by atoms with E-state index in [-0.39, 0.29) is 5.97 Å². The quantitative estimate of drug-likeness (QED) is 0.873. The molecule has 3 nitrogen and oxygen atoms in total. The minimum absolute atomic E-state index is 0.361. The SMILES string of the molecule is CC(C)(C)OC(=O)[C@H](N)Cc1ccc(Br)cc1. The van der Waals surface area contributed by atoms with Gasteiger partial charge in [-0.2, -0.15) is 0 Å². The molecule has 0 saturated carbocycles. The highest BCUT2D eigenvalue weighted by atomic mass is 79.9. The van der Waals surface area contributed by atoms with Crippen molar-refractivity contribution in [2.75, 3.05) is 0 Å². The molecule has 0 aliphatic carbocycles. The fourth-order valence-corrected chi connectivity index (χ4v) is 1.60. The Balaban J connectivity index is 2.57. The van der Waals surface area contributed by atoms with Gasteiger partial charge in [0.15, 0.2) is 0 Å². The molecule has 0 heterocycles. The van der Waals surface area contributed by atoms with Gasteiger partial charge in [-0.3, -0.25) is 4.79 Å². The Labute approximate surface area is 110 Å². The number of ether oxygens (including phenoxy) is 1. The number of nitrogens with two attached hydrogens (primary N) is 1. The number of hydrogen-bond acceptors (Lipinski definition) is 3. The average molecular weight is 300 g/mol. The van der Waals surface area contributed by atoms with Crippen LogP contribution in [0.25, 0.3) is 0 Å². The van der Waals surface area contributed by atoms with Crippen LogP contribution < -0.4 is 5.73 Å². The topological polar surface area (TPSA) is 52.3 Å². The van der Waals surface area contributed by atoms with Crippen molar-refractivity contribution < 1.29 is 9.53 Å². The van der Waals surface area contributed by atoms with E-state index < -0.39 is 11.6 Å². The molecule has 0 saturated heterocycles. The number of halogens is 1. The van der Waals surface area contributed by atoms with Gasteiger partial charge in [0.05, 0.1) is 0 Å². The van der Waals surface area contributed by atoms with Gasteiger partial charge in [0.2, 0.25) is 0 Å². The highest BCUT2D eigenvalue weighted by Gasteiger charge is 2.22. The number of carbonyl (C=O) groups excluding carboxylic acids is 1. The molecule has 0 aliphatic heterocycles. The first-order valence-electron chi connectivity index (χ1n) is 5.51. The molecule has 94 valence electrons. The van der Waals surface area contributed by atoms with Crippen LogP contribution in [0.1, 0.15) is 26.3 Å². The first-order chi connectivity index (χ1) is 7.78. The van der Waals surface area contributed by atoms with Crippen molar-refractivity contribution in [3.63, 3.8) is 0 Å².